The van der Waals surface area contributed by atoms with E-state index in [9.17, 15) is 9.59 Å². The van der Waals surface area contributed by atoms with Gasteiger partial charge >= 0.3 is 0 Å². The second kappa shape index (κ2) is 10.0. The maximum Gasteiger partial charge on any atom is 0.237 e. The fraction of sp³-hybridized carbons (Fsp3) is 0.684. The zero-order valence-electron chi connectivity index (χ0n) is 15.3. The van der Waals surface area contributed by atoms with Gasteiger partial charge in [0.2, 0.25) is 11.8 Å². The average Bonchev–Trinajstić information content (AvgIpc) is 2.59. The highest BCUT2D eigenvalue weighted by molar-refractivity contribution is 8.00. The van der Waals surface area contributed by atoms with E-state index in [4.69, 9.17) is 0 Å². The van der Waals surface area contributed by atoms with E-state index < -0.39 is 0 Å². The van der Waals surface area contributed by atoms with Crippen LogP contribution in [0.1, 0.15) is 39.0 Å². The van der Waals surface area contributed by atoms with Crippen LogP contribution in [-0.4, -0.2) is 54.3 Å². The predicted octanol–water partition coefficient (Wildman–Crippen LogP) is 2.81. The SMILES string of the molecule is C=CSNCC(=O)N1CCN(C(=O)CCC2CC(=C)CC(C)C2)CC1. The summed E-state index contributed by atoms with van der Waals surface area (Å²) >= 11 is 1.32. The quantitative estimate of drug-likeness (QED) is 0.428. The predicted molar refractivity (Wildman–Crippen MR) is 104 cm³/mol. The minimum atomic E-state index is 0.0798. The first kappa shape index (κ1) is 20.0. The Hall–Kier alpha value is -1.27. The first-order chi connectivity index (χ1) is 12.0. The summed E-state index contributed by atoms with van der Waals surface area (Å²) in [6.07, 6.45) is 5.01. The molecular formula is C19H31N3O2S. The van der Waals surface area contributed by atoms with Gasteiger partial charge in [-0.3, -0.25) is 14.3 Å². The molecule has 6 heteroatoms. The maximum atomic E-state index is 12.5. The smallest absolute Gasteiger partial charge is 0.237 e. The Labute approximate surface area is 156 Å². The molecule has 2 unspecified atom stereocenters. The van der Waals surface area contributed by atoms with Crippen molar-refractivity contribution in [3.05, 3.63) is 24.1 Å². The number of nitrogens with one attached hydrogen (secondary N) is 1. The number of allylic oxidation sites excluding steroid dienone is 1. The molecule has 0 aromatic heterocycles. The lowest BCUT2D eigenvalue weighted by atomic mass is 9.78. The van der Waals surface area contributed by atoms with Gasteiger partial charge in [0.05, 0.1) is 6.54 Å². The number of carbonyl (C=O) groups excluding carboxylic acids is 2. The molecule has 25 heavy (non-hydrogen) atoms. The summed E-state index contributed by atoms with van der Waals surface area (Å²) in [4.78, 5) is 28.3. The summed E-state index contributed by atoms with van der Waals surface area (Å²) in [7, 11) is 0. The van der Waals surface area contributed by atoms with Crippen LogP contribution in [-0.2, 0) is 9.59 Å². The van der Waals surface area contributed by atoms with Crippen LogP contribution in [0, 0.1) is 11.8 Å². The van der Waals surface area contributed by atoms with Crippen molar-refractivity contribution in [1.29, 1.82) is 0 Å². The van der Waals surface area contributed by atoms with Crippen LogP contribution in [0.25, 0.3) is 0 Å². The molecule has 1 N–H and O–H groups in total. The molecule has 2 aliphatic rings. The first-order valence-electron chi connectivity index (χ1n) is 9.21. The Balaban J connectivity index is 1.67. The van der Waals surface area contributed by atoms with Crippen molar-refractivity contribution in [2.24, 2.45) is 11.8 Å². The molecule has 0 aromatic carbocycles. The molecule has 1 aliphatic heterocycles. The van der Waals surface area contributed by atoms with Crippen molar-refractivity contribution in [2.75, 3.05) is 32.7 Å². The second-order valence-electron chi connectivity index (χ2n) is 7.27. The van der Waals surface area contributed by atoms with Gasteiger partial charge in [0, 0.05) is 32.6 Å². The average molecular weight is 366 g/mol. The number of rotatable bonds is 7. The number of hydrogen-bond donors (Lipinski definition) is 1. The molecule has 2 rings (SSSR count). The van der Waals surface area contributed by atoms with Crippen molar-refractivity contribution in [1.82, 2.24) is 14.5 Å². The zero-order valence-corrected chi connectivity index (χ0v) is 16.2. The molecule has 2 amide bonds. The summed E-state index contributed by atoms with van der Waals surface area (Å²) in [5.41, 5.74) is 1.34. The standard InChI is InChI=1S/C19H31N3O2S/c1-4-25-20-14-19(24)22-9-7-21(8-10-22)18(23)6-5-17-12-15(2)11-16(3)13-17/h4,16-17,20H,1-2,5-14H2,3H3. The van der Waals surface area contributed by atoms with Gasteiger partial charge in [0.15, 0.2) is 0 Å². The molecule has 2 atom stereocenters. The van der Waals surface area contributed by atoms with Gasteiger partial charge in [0.25, 0.3) is 0 Å². The Kier molecular flexibility index (Phi) is 8.03. The van der Waals surface area contributed by atoms with Crippen LogP contribution in [0.4, 0.5) is 0 Å². The van der Waals surface area contributed by atoms with Gasteiger partial charge in [-0.05, 0) is 42.9 Å². The van der Waals surface area contributed by atoms with Crippen LogP contribution in [0.2, 0.25) is 0 Å². The van der Waals surface area contributed by atoms with Crippen molar-refractivity contribution >= 4 is 23.8 Å². The van der Waals surface area contributed by atoms with Gasteiger partial charge in [-0.25, -0.2) is 0 Å². The van der Waals surface area contributed by atoms with Crippen molar-refractivity contribution in [3.63, 3.8) is 0 Å². The van der Waals surface area contributed by atoms with E-state index in [0.29, 0.717) is 51.0 Å². The molecule has 1 saturated heterocycles. The summed E-state index contributed by atoms with van der Waals surface area (Å²) < 4.78 is 2.95. The Morgan fingerprint density at radius 3 is 2.44 bits per heavy atom. The summed E-state index contributed by atoms with van der Waals surface area (Å²) in [5, 5.41) is 1.66. The highest BCUT2D eigenvalue weighted by Crippen LogP contribution is 2.34. The van der Waals surface area contributed by atoms with E-state index in [0.717, 1.165) is 19.3 Å². The third kappa shape index (κ3) is 6.51. The largest absolute Gasteiger partial charge is 0.339 e. The summed E-state index contributed by atoms with van der Waals surface area (Å²) in [6, 6.07) is 0. The topological polar surface area (TPSA) is 52.7 Å². The Morgan fingerprint density at radius 2 is 1.84 bits per heavy atom. The maximum absolute atomic E-state index is 12.5. The molecule has 0 spiro atoms. The van der Waals surface area contributed by atoms with Gasteiger partial charge in [-0.15, -0.1) is 0 Å². The minimum Gasteiger partial charge on any atom is -0.339 e. The molecule has 2 fully saturated rings. The van der Waals surface area contributed by atoms with E-state index >= 15 is 0 Å². The second-order valence-corrected chi connectivity index (χ2v) is 8.13. The minimum absolute atomic E-state index is 0.0798. The van der Waals surface area contributed by atoms with Crippen LogP contribution in [0.15, 0.2) is 24.1 Å². The number of hydrogen-bond acceptors (Lipinski definition) is 4. The fourth-order valence-corrected chi connectivity index (χ4v) is 4.23. The molecule has 1 aliphatic carbocycles. The van der Waals surface area contributed by atoms with Crippen LogP contribution < -0.4 is 4.72 Å². The number of amides is 2. The summed E-state index contributed by atoms with van der Waals surface area (Å²) in [6.45, 7) is 12.8. The highest BCUT2D eigenvalue weighted by atomic mass is 32.2. The first-order valence-corrected chi connectivity index (χ1v) is 10.1. The van der Waals surface area contributed by atoms with Crippen molar-refractivity contribution in [3.8, 4) is 0 Å². The lowest BCUT2D eigenvalue weighted by Crippen LogP contribution is -2.52. The monoisotopic (exact) mass is 365 g/mol. The Morgan fingerprint density at radius 1 is 1.20 bits per heavy atom. The van der Waals surface area contributed by atoms with Gasteiger partial charge in [-0.1, -0.05) is 37.6 Å². The molecule has 0 aromatic rings. The zero-order chi connectivity index (χ0) is 18.2. The highest BCUT2D eigenvalue weighted by Gasteiger charge is 2.26. The fourth-order valence-electron chi connectivity index (χ4n) is 3.91. The van der Waals surface area contributed by atoms with Gasteiger partial charge < -0.3 is 9.80 Å². The normalized spacial score (nSPS) is 24.3. The molecule has 0 bridgehead atoms. The summed E-state index contributed by atoms with van der Waals surface area (Å²) in [5.74, 6) is 1.62. The lowest BCUT2D eigenvalue weighted by molar-refractivity contribution is -0.139. The van der Waals surface area contributed by atoms with E-state index in [-0.39, 0.29) is 11.8 Å². The van der Waals surface area contributed by atoms with Crippen LogP contribution in [0.3, 0.4) is 0 Å². The van der Waals surface area contributed by atoms with Crippen molar-refractivity contribution < 1.29 is 9.59 Å². The van der Waals surface area contributed by atoms with Gasteiger partial charge in [0.1, 0.15) is 0 Å². The number of carbonyl (C=O) groups is 2. The molecule has 0 radical (unpaired) electrons. The molecule has 1 saturated carbocycles. The van der Waals surface area contributed by atoms with Crippen molar-refractivity contribution in [2.45, 2.75) is 39.0 Å². The van der Waals surface area contributed by atoms with Crippen LogP contribution in [0.5, 0.6) is 0 Å². The van der Waals surface area contributed by atoms with E-state index in [2.05, 4.69) is 24.8 Å². The van der Waals surface area contributed by atoms with Gasteiger partial charge in [-0.2, -0.15) is 0 Å². The molecular weight excluding hydrogens is 334 g/mol. The number of piperazine rings is 1. The third-order valence-corrected chi connectivity index (χ3v) is 5.57. The molecule has 1 heterocycles. The van der Waals surface area contributed by atoms with E-state index in [1.807, 2.05) is 9.80 Å². The van der Waals surface area contributed by atoms with Crippen LogP contribution >= 0.6 is 11.9 Å². The third-order valence-electron chi connectivity index (χ3n) is 5.09. The van der Waals surface area contributed by atoms with E-state index in [1.165, 1.54) is 23.9 Å². The molecule has 140 valence electrons. The molecule has 5 nitrogen and oxygen atoms in total. The van der Waals surface area contributed by atoms with E-state index in [1.54, 1.807) is 5.41 Å². The Bertz CT molecular complexity index is 501. The number of nitrogens with zero attached hydrogens (tertiary/aromatic N) is 2. The lowest BCUT2D eigenvalue weighted by Gasteiger charge is -2.35.